The molecule has 0 N–H and O–H groups in total. The van der Waals surface area contributed by atoms with E-state index in [2.05, 4.69) is 43.3 Å². The number of methoxy groups -OCH3 is 1. The van der Waals surface area contributed by atoms with Crippen molar-refractivity contribution in [2.45, 2.75) is 12.8 Å². The second kappa shape index (κ2) is 6.73. The van der Waals surface area contributed by atoms with Crippen LogP contribution < -0.4 is 4.74 Å². The predicted molar refractivity (Wildman–Crippen MR) is 83.2 cm³/mol. The van der Waals surface area contributed by atoms with Crippen LogP contribution >= 0.6 is 11.3 Å². The Kier molecular flexibility index (Phi) is 5.00. The Bertz CT molecular complexity index is 502. The quantitative estimate of drug-likeness (QED) is 0.792. The molecule has 2 aromatic rings. The lowest BCUT2D eigenvalue weighted by atomic mass is 10.2. The maximum Gasteiger partial charge on any atom is 0.118 e. The Balaban J connectivity index is 1.99. The zero-order valence-electron chi connectivity index (χ0n) is 11.8. The Morgan fingerprint density at radius 1 is 1.05 bits per heavy atom. The molecule has 2 nitrogen and oxygen atoms in total. The Hall–Kier alpha value is -1.32. The molecular weight excluding hydrogens is 254 g/mol. The van der Waals surface area contributed by atoms with Gasteiger partial charge in [-0.2, -0.15) is 0 Å². The molecule has 0 bridgehead atoms. The van der Waals surface area contributed by atoms with Crippen molar-refractivity contribution in [3.63, 3.8) is 0 Å². The fourth-order valence-corrected chi connectivity index (χ4v) is 3.05. The zero-order valence-corrected chi connectivity index (χ0v) is 12.7. The van der Waals surface area contributed by atoms with Crippen molar-refractivity contribution in [1.82, 2.24) is 4.90 Å². The van der Waals surface area contributed by atoms with Gasteiger partial charge in [0.1, 0.15) is 5.75 Å². The van der Waals surface area contributed by atoms with E-state index < -0.39 is 0 Å². The lowest BCUT2D eigenvalue weighted by Crippen LogP contribution is -2.13. The molecule has 0 unspecified atom stereocenters. The number of hydrogen-bond donors (Lipinski definition) is 0. The SMILES string of the molecule is COc1ccc(-c2ccc(CCCN(C)C)s2)cc1. The molecule has 0 aliphatic rings. The topological polar surface area (TPSA) is 12.5 Å². The molecule has 3 heteroatoms. The number of thiophene rings is 1. The third-order valence-corrected chi connectivity index (χ3v) is 4.26. The van der Waals surface area contributed by atoms with Crippen LogP contribution in [0.4, 0.5) is 0 Å². The molecule has 0 saturated carbocycles. The van der Waals surface area contributed by atoms with Gasteiger partial charge in [-0.1, -0.05) is 0 Å². The van der Waals surface area contributed by atoms with Gasteiger partial charge in [0, 0.05) is 9.75 Å². The van der Waals surface area contributed by atoms with E-state index in [1.807, 2.05) is 23.5 Å². The van der Waals surface area contributed by atoms with Crippen LogP contribution in [-0.4, -0.2) is 32.6 Å². The average molecular weight is 275 g/mol. The number of aryl methyl sites for hydroxylation is 1. The first-order chi connectivity index (χ1) is 9.19. The summed E-state index contributed by atoms with van der Waals surface area (Å²) >= 11 is 1.89. The largest absolute Gasteiger partial charge is 0.497 e. The highest BCUT2D eigenvalue weighted by Gasteiger charge is 2.03. The third-order valence-electron chi connectivity index (χ3n) is 3.06. The van der Waals surface area contributed by atoms with Gasteiger partial charge in [-0.3, -0.25) is 0 Å². The van der Waals surface area contributed by atoms with Crippen molar-refractivity contribution in [2.75, 3.05) is 27.7 Å². The van der Waals surface area contributed by atoms with E-state index in [0.29, 0.717) is 0 Å². The summed E-state index contributed by atoms with van der Waals surface area (Å²) in [4.78, 5) is 5.04. The average Bonchev–Trinajstić information content (AvgIpc) is 2.87. The van der Waals surface area contributed by atoms with Crippen molar-refractivity contribution in [3.05, 3.63) is 41.3 Å². The number of hydrogen-bond acceptors (Lipinski definition) is 3. The Morgan fingerprint density at radius 3 is 2.42 bits per heavy atom. The zero-order chi connectivity index (χ0) is 13.7. The molecule has 102 valence electrons. The van der Waals surface area contributed by atoms with Gasteiger partial charge >= 0.3 is 0 Å². The maximum atomic E-state index is 5.18. The Labute approximate surface area is 119 Å². The molecule has 0 atom stereocenters. The summed E-state index contributed by atoms with van der Waals surface area (Å²) in [6.07, 6.45) is 2.38. The minimum atomic E-state index is 0.909. The van der Waals surface area contributed by atoms with Crippen LogP contribution in [0.1, 0.15) is 11.3 Å². The monoisotopic (exact) mass is 275 g/mol. The number of benzene rings is 1. The van der Waals surface area contributed by atoms with Crippen LogP contribution in [0.2, 0.25) is 0 Å². The molecule has 0 aliphatic carbocycles. The molecule has 0 saturated heterocycles. The number of rotatable bonds is 6. The molecular formula is C16H21NOS. The van der Waals surface area contributed by atoms with Gasteiger partial charge in [-0.25, -0.2) is 0 Å². The summed E-state index contributed by atoms with van der Waals surface area (Å²) < 4.78 is 5.18. The van der Waals surface area contributed by atoms with Crippen LogP contribution in [0.3, 0.4) is 0 Å². The van der Waals surface area contributed by atoms with E-state index in [0.717, 1.165) is 12.3 Å². The highest BCUT2D eigenvalue weighted by Crippen LogP contribution is 2.29. The van der Waals surface area contributed by atoms with Crippen molar-refractivity contribution in [2.24, 2.45) is 0 Å². The van der Waals surface area contributed by atoms with E-state index in [9.17, 15) is 0 Å². The summed E-state index contributed by atoms with van der Waals surface area (Å²) in [5.74, 6) is 0.909. The second-order valence-electron chi connectivity index (χ2n) is 4.90. The third kappa shape index (κ3) is 4.08. The molecule has 1 aromatic heterocycles. The van der Waals surface area contributed by atoms with Crippen LogP contribution in [0.5, 0.6) is 5.75 Å². The van der Waals surface area contributed by atoms with Crippen molar-refractivity contribution < 1.29 is 4.74 Å². The normalized spacial score (nSPS) is 10.9. The second-order valence-corrected chi connectivity index (χ2v) is 6.07. The van der Waals surface area contributed by atoms with Gasteiger partial charge in [0.15, 0.2) is 0 Å². The van der Waals surface area contributed by atoms with E-state index >= 15 is 0 Å². The highest BCUT2D eigenvalue weighted by atomic mass is 32.1. The summed E-state index contributed by atoms with van der Waals surface area (Å²) in [7, 11) is 5.94. The summed E-state index contributed by atoms with van der Waals surface area (Å²) in [6, 6.07) is 12.7. The van der Waals surface area contributed by atoms with E-state index in [-0.39, 0.29) is 0 Å². The summed E-state index contributed by atoms with van der Waals surface area (Å²) in [6.45, 7) is 1.15. The Morgan fingerprint density at radius 2 is 1.79 bits per heavy atom. The molecule has 0 radical (unpaired) electrons. The number of nitrogens with zero attached hydrogens (tertiary/aromatic N) is 1. The molecule has 1 heterocycles. The maximum absolute atomic E-state index is 5.18. The predicted octanol–water partition coefficient (Wildman–Crippen LogP) is 3.92. The fraction of sp³-hybridized carbons (Fsp3) is 0.375. The molecule has 0 amide bonds. The lowest BCUT2D eigenvalue weighted by molar-refractivity contribution is 0.401. The van der Waals surface area contributed by atoms with Crippen LogP contribution in [0.25, 0.3) is 10.4 Å². The van der Waals surface area contributed by atoms with Crippen molar-refractivity contribution >= 4 is 11.3 Å². The smallest absolute Gasteiger partial charge is 0.118 e. The van der Waals surface area contributed by atoms with Gasteiger partial charge in [-0.15, -0.1) is 11.3 Å². The lowest BCUT2D eigenvalue weighted by Gasteiger charge is -2.07. The van der Waals surface area contributed by atoms with E-state index in [4.69, 9.17) is 4.74 Å². The van der Waals surface area contributed by atoms with Crippen LogP contribution in [-0.2, 0) is 6.42 Å². The minimum Gasteiger partial charge on any atom is -0.497 e. The number of ether oxygens (including phenoxy) is 1. The summed E-state index contributed by atoms with van der Waals surface area (Å²) in [5.41, 5.74) is 1.27. The standard InChI is InChI=1S/C16H21NOS/c1-17(2)12-4-5-15-10-11-16(19-15)13-6-8-14(18-3)9-7-13/h6-11H,4-5,12H2,1-3H3. The molecule has 0 fully saturated rings. The van der Waals surface area contributed by atoms with Gasteiger partial charge in [-0.05, 0) is 75.4 Å². The fourth-order valence-electron chi connectivity index (χ4n) is 1.99. The van der Waals surface area contributed by atoms with Crippen molar-refractivity contribution in [3.8, 4) is 16.2 Å². The first-order valence-electron chi connectivity index (χ1n) is 6.57. The summed E-state index contributed by atoms with van der Waals surface area (Å²) in [5, 5.41) is 0. The minimum absolute atomic E-state index is 0.909. The van der Waals surface area contributed by atoms with Crippen LogP contribution in [0.15, 0.2) is 36.4 Å². The highest BCUT2D eigenvalue weighted by molar-refractivity contribution is 7.15. The molecule has 19 heavy (non-hydrogen) atoms. The van der Waals surface area contributed by atoms with Crippen molar-refractivity contribution in [1.29, 1.82) is 0 Å². The van der Waals surface area contributed by atoms with Gasteiger partial charge < -0.3 is 9.64 Å². The first kappa shape index (κ1) is 14.1. The molecule has 0 spiro atoms. The molecule has 1 aromatic carbocycles. The van der Waals surface area contributed by atoms with Crippen LogP contribution in [0, 0.1) is 0 Å². The first-order valence-corrected chi connectivity index (χ1v) is 7.38. The van der Waals surface area contributed by atoms with E-state index in [1.165, 1.54) is 28.2 Å². The van der Waals surface area contributed by atoms with Gasteiger partial charge in [0.2, 0.25) is 0 Å². The van der Waals surface area contributed by atoms with Gasteiger partial charge in [0.05, 0.1) is 7.11 Å². The van der Waals surface area contributed by atoms with E-state index in [1.54, 1.807) is 7.11 Å². The van der Waals surface area contributed by atoms with Gasteiger partial charge in [0.25, 0.3) is 0 Å². The molecule has 2 rings (SSSR count). The molecule has 0 aliphatic heterocycles.